The van der Waals surface area contributed by atoms with Gasteiger partial charge < -0.3 is 19.1 Å². The number of carbonyl (C=O) groups excluding carboxylic acids is 1. The first kappa shape index (κ1) is 16.8. The third kappa shape index (κ3) is 2.99. The van der Waals surface area contributed by atoms with Gasteiger partial charge in [0.25, 0.3) is 0 Å². The van der Waals surface area contributed by atoms with Crippen LogP contribution in [0.2, 0.25) is 0 Å². The van der Waals surface area contributed by atoms with Crippen LogP contribution in [-0.2, 0) is 28.0 Å². The Balaban J connectivity index is 1.58. The lowest BCUT2D eigenvalue weighted by Gasteiger charge is -2.35. The first-order valence-corrected chi connectivity index (χ1v) is 8.94. The van der Waals surface area contributed by atoms with Crippen molar-refractivity contribution in [3.8, 4) is 0 Å². The minimum absolute atomic E-state index is 0.0456. The van der Waals surface area contributed by atoms with Crippen LogP contribution in [0, 0.1) is 0 Å². The number of fused-ring (bicyclic) bond motifs is 1. The molecule has 0 spiro atoms. The van der Waals surface area contributed by atoms with Crippen molar-refractivity contribution in [1.82, 2.24) is 20.0 Å². The van der Waals surface area contributed by atoms with E-state index >= 15 is 0 Å². The molecule has 0 unspecified atom stereocenters. The number of ether oxygens (including phenoxy) is 1. The molecule has 1 aromatic carbocycles. The zero-order chi connectivity index (χ0) is 18.0. The van der Waals surface area contributed by atoms with Crippen molar-refractivity contribution in [1.29, 1.82) is 0 Å². The summed E-state index contributed by atoms with van der Waals surface area (Å²) in [5.41, 5.74) is 1.55. The summed E-state index contributed by atoms with van der Waals surface area (Å²) in [4.78, 5) is 17.1. The number of aryl methyl sites for hydroxylation is 1. The molecule has 3 heterocycles. The maximum absolute atomic E-state index is 12.9. The van der Waals surface area contributed by atoms with E-state index in [9.17, 15) is 4.79 Å². The van der Waals surface area contributed by atoms with Crippen molar-refractivity contribution in [3.63, 3.8) is 0 Å². The van der Waals surface area contributed by atoms with Crippen LogP contribution in [0.25, 0.3) is 10.9 Å². The molecule has 0 radical (unpaired) electrons. The molecule has 1 N–H and O–H groups in total. The van der Waals surface area contributed by atoms with Gasteiger partial charge in [-0.05, 0) is 18.6 Å². The molecule has 136 valence electrons. The van der Waals surface area contributed by atoms with Gasteiger partial charge in [-0.1, -0.05) is 23.4 Å². The number of rotatable bonds is 5. The van der Waals surface area contributed by atoms with E-state index < -0.39 is 5.54 Å². The van der Waals surface area contributed by atoms with Crippen LogP contribution in [0.15, 0.2) is 41.4 Å². The van der Waals surface area contributed by atoms with Crippen LogP contribution in [0.3, 0.4) is 0 Å². The zero-order valence-electron chi connectivity index (χ0n) is 14.8. The first-order chi connectivity index (χ1) is 12.7. The van der Waals surface area contributed by atoms with Gasteiger partial charge in [0.15, 0.2) is 5.82 Å². The minimum Gasteiger partial charge on any atom is -0.381 e. The second-order valence-electron chi connectivity index (χ2n) is 6.63. The van der Waals surface area contributed by atoms with Crippen molar-refractivity contribution in [3.05, 3.63) is 48.2 Å². The van der Waals surface area contributed by atoms with E-state index in [4.69, 9.17) is 9.26 Å². The average Bonchev–Trinajstić information content (AvgIpc) is 3.31. The van der Waals surface area contributed by atoms with Gasteiger partial charge in [-0.2, -0.15) is 4.98 Å². The van der Waals surface area contributed by atoms with Crippen molar-refractivity contribution < 1.29 is 14.1 Å². The molecular weight excluding hydrogens is 332 g/mol. The zero-order valence-corrected chi connectivity index (χ0v) is 14.8. The van der Waals surface area contributed by atoms with Crippen LogP contribution >= 0.6 is 0 Å². The number of hydrogen-bond acceptors (Lipinski definition) is 5. The topological polar surface area (TPSA) is 82.2 Å². The van der Waals surface area contributed by atoms with Gasteiger partial charge in [-0.3, -0.25) is 4.79 Å². The van der Waals surface area contributed by atoms with Crippen molar-refractivity contribution >= 4 is 16.8 Å². The molecule has 1 aliphatic rings. The summed E-state index contributed by atoms with van der Waals surface area (Å²) >= 11 is 0. The predicted molar refractivity (Wildman–Crippen MR) is 95.5 cm³/mol. The Kier molecular flexibility index (Phi) is 4.46. The Morgan fingerprint density at radius 3 is 2.85 bits per heavy atom. The van der Waals surface area contributed by atoms with E-state index in [2.05, 4.69) is 45.3 Å². The van der Waals surface area contributed by atoms with E-state index in [1.165, 1.54) is 6.39 Å². The van der Waals surface area contributed by atoms with E-state index in [-0.39, 0.29) is 5.91 Å². The molecule has 3 aromatic rings. The highest BCUT2D eigenvalue weighted by atomic mass is 16.5. The average molecular weight is 354 g/mol. The Hall–Kier alpha value is -2.67. The molecule has 0 atom stereocenters. The van der Waals surface area contributed by atoms with Crippen molar-refractivity contribution in [2.45, 2.75) is 38.3 Å². The molecule has 7 heteroatoms. The molecule has 1 amide bonds. The lowest BCUT2D eigenvalue weighted by molar-refractivity contribution is -0.124. The van der Waals surface area contributed by atoms with Gasteiger partial charge in [0.1, 0.15) is 5.54 Å². The third-order valence-electron chi connectivity index (χ3n) is 5.08. The number of aromatic nitrogens is 3. The highest BCUT2D eigenvalue weighted by Gasteiger charge is 2.39. The number of nitrogens with zero attached hydrogens (tertiary/aromatic N) is 3. The standard InChI is InChI=1S/C19H22N4O3/c1-2-23-12-14(15-5-3-4-6-16(15)23)11-17(24)21-19(7-9-25-10-8-19)18-20-13-26-22-18/h3-6,12-13H,2,7-11H2,1H3,(H,21,24). The Bertz CT molecular complexity index is 895. The molecule has 0 aliphatic carbocycles. The summed E-state index contributed by atoms with van der Waals surface area (Å²) in [5.74, 6) is 0.473. The predicted octanol–water partition coefficient (Wildman–Crippen LogP) is 2.41. The van der Waals surface area contributed by atoms with Crippen LogP contribution in [-0.4, -0.2) is 33.8 Å². The van der Waals surface area contributed by atoms with Gasteiger partial charge in [0.2, 0.25) is 12.3 Å². The molecule has 26 heavy (non-hydrogen) atoms. The smallest absolute Gasteiger partial charge is 0.225 e. The number of carbonyl (C=O) groups is 1. The fraction of sp³-hybridized carbons (Fsp3) is 0.421. The molecule has 4 rings (SSSR count). The van der Waals surface area contributed by atoms with E-state index in [1.807, 2.05) is 12.1 Å². The Morgan fingerprint density at radius 2 is 2.12 bits per heavy atom. The monoisotopic (exact) mass is 354 g/mol. The SMILES string of the molecule is CCn1cc(CC(=O)NC2(c3ncon3)CCOCC2)c2ccccc21. The molecule has 1 aliphatic heterocycles. The summed E-state index contributed by atoms with van der Waals surface area (Å²) in [7, 11) is 0. The van der Waals surface area contributed by atoms with Crippen LogP contribution in [0.5, 0.6) is 0 Å². The molecule has 7 nitrogen and oxygen atoms in total. The molecule has 2 aromatic heterocycles. The maximum Gasteiger partial charge on any atom is 0.225 e. The van der Waals surface area contributed by atoms with Gasteiger partial charge >= 0.3 is 0 Å². The van der Waals surface area contributed by atoms with Gasteiger partial charge in [0, 0.05) is 49.7 Å². The van der Waals surface area contributed by atoms with Crippen LogP contribution < -0.4 is 5.32 Å². The Morgan fingerprint density at radius 1 is 1.31 bits per heavy atom. The summed E-state index contributed by atoms with van der Waals surface area (Å²) in [5, 5.41) is 8.26. The molecule has 1 fully saturated rings. The van der Waals surface area contributed by atoms with Crippen LogP contribution in [0.4, 0.5) is 0 Å². The van der Waals surface area contributed by atoms with Gasteiger partial charge in [-0.15, -0.1) is 0 Å². The molecule has 1 saturated heterocycles. The highest BCUT2D eigenvalue weighted by molar-refractivity contribution is 5.89. The second-order valence-corrected chi connectivity index (χ2v) is 6.63. The van der Waals surface area contributed by atoms with Crippen molar-refractivity contribution in [2.24, 2.45) is 0 Å². The third-order valence-corrected chi connectivity index (χ3v) is 5.08. The van der Waals surface area contributed by atoms with E-state index in [1.54, 1.807) is 0 Å². The summed E-state index contributed by atoms with van der Waals surface area (Å²) in [6, 6.07) is 8.17. The van der Waals surface area contributed by atoms with Crippen LogP contribution in [0.1, 0.15) is 31.2 Å². The number of hydrogen-bond donors (Lipinski definition) is 1. The number of para-hydroxylation sites is 1. The van der Waals surface area contributed by atoms with E-state index in [0.717, 1.165) is 23.0 Å². The number of amides is 1. The van der Waals surface area contributed by atoms with Gasteiger partial charge in [-0.25, -0.2) is 0 Å². The van der Waals surface area contributed by atoms with Gasteiger partial charge in [0.05, 0.1) is 6.42 Å². The summed E-state index contributed by atoms with van der Waals surface area (Å²) < 4.78 is 12.5. The largest absolute Gasteiger partial charge is 0.381 e. The normalized spacial score (nSPS) is 16.7. The molecular formula is C19H22N4O3. The summed E-state index contributed by atoms with van der Waals surface area (Å²) in [6.07, 6.45) is 4.95. The fourth-order valence-electron chi connectivity index (χ4n) is 3.72. The maximum atomic E-state index is 12.9. The number of nitrogens with one attached hydrogen (secondary N) is 1. The lowest BCUT2D eigenvalue weighted by Crippen LogP contribution is -2.50. The number of benzene rings is 1. The van der Waals surface area contributed by atoms with E-state index in [0.29, 0.717) is 38.3 Å². The Labute approximate surface area is 151 Å². The first-order valence-electron chi connectivity index (χ1n) is 8.94. The molecule has 0 saturated carbocycles. The molecule has 0 bridgehead atoms. The second kappa shape index (κ2) is 6.92. The lowest BCUT2D eigenvalue weighted by atomic mass is 9.88. The minimum atomic E-state index is -0.620. The fourth-order valence-corrected chi connectivity index (χ4v) is 3.72. The highest BCUT2D eigenvalue weighted by Crippen LogP contribution is 2.30. The quantitative estimate of drug-likeness (QED) is 0.761. The van der Waals surface area contributed by atoms with Crippen molar-refractivity contribution in [2.75, 3.05) is 13.2 Å². The summed E-state index contributed by atoms with van der Waals surface area (Å²) in [6.45, 7) is 4.09.